The lowest BCUT2D eigenvalue weighted by atomic mass is 10.2. The largest absolute Gasteiger partial charge is 0.484 e. The van der Waals surface area contributed by atoms with Gasteiger partial charge in [0.25, 0.3) is 11.8 Å². The van der Waals surface area contributed by atoms with Crippen molar-refractivity contribution in [3.63, 3.8) is 0 Å². The molecule has 0 saturated carbocycles. The Kier molecular flexibility index (Phi) is 4.79. The van der Waals surface area contributed by atoms with E-state index in [9.17, 15) is 9.59 Å². The van der Waals surface area contributed by atoms with Crippen molar-refractivity contribution in [3.8, 4) is 5.75 Å². The van der Waals surface area contributed by atoms with E-state index in [2.05, 4.69) is 5.32 Å². The van der Waals surface area contributed by atoms with Crippen molar-refractivity contribution in [2.24, 2.45) is 0 Å². The van der Waals surface area contributed by atoms with Gasteiger partial charge < -0.3 is 10.5 Å². The summed E-state index contributed by atoms with van der Waals surface area (Å²) < 4.78 is 5.24. The molecule has 2 aromatic carbocycles. The highest BCUT2D eigenvalue weighted by Gasteiger charge is 2.13. The van der Waals surface area contributed by atoms with Gasteiger partial charge in [-0.05, 0) is 36.4 Å². The van der Waals surface area contributed by atoms with E-state index >= 15 is 0 Å². The fourth-order valence-electron chi connectivity index (χ4n) is 1.59. The molecule has 0 spiro atoms. The van der Waals surface area contributed by atoms with E-state index < -0.39 is 11.8 Å². The molecule has 0 bridgehead atoms. The van der Waals surface area contributed by atoms with Gasteiger partial charge in [0.05, 0.1) is 10.6 Å². The lowest BCUT2D eigenvalue weighted by Crippen LogP contribution is -2.34. The van der Waals surface area contributed by atoms with Crippen LogP contribution in [-0.2, 0) is 4.79 Å². The van der Waals surface area contributed by atoms with Crippen LogP contribution >= 0.6 is 11.6 Å². The highest BCUT2D eigenvalue weighted by Crippen LogP contribution is 2.15. The summed E-state index contributed by atoms with van der Waals surface area (Å²) in [4.78, 5) is 23.5. The Balaban J connectivity index is 1.89. The Hall–Kier alpha value is -2.53. The topological polar surface area (TPSA) is 81.4 Å². The number of imide groups is 1. The normalized spacial score (nSPS) is 9.95. The number of rotatable bonds is 4. The third-order valence-electron chi connectivity index (χ3n) is 2.62. The quantitative estimate of drug-likeness (QED) is 0.849. The molecule has 21 heavy (non-hydrogen) atoms. The Morgan fingerprint density at radius 1 is 1.10 bits per heavy atom. The number of carbonyl (C=O) groups excluding carboxylic acids is 2. The zero-order valence-corrected chi connectivity index (χ0v) is 11.8. The molecule has 2 aromatic rings. The van der Waals surface area contributed by atoms with Gasteiger partial charge >= 0.3 is 0 Å². The fourth-order valence-corrected chi connectivity index (χ4v) is 1.81. The Morgan fingerprint density at radius 3 is 2.43 bits per heavy atom. The number of anilines is 1. The number of ether oxygens (including phenoxy) is 1. The second-order valence-corrected chi connectivity index (χ2v) is 4.62. The maximum Gasteiger partial charge on any atom is 0.264 e. The number of amides is 2. The van der Waals surface area contributed by atoms with Gasteiger partial charge in [-0.2, -0.15) is 0 Å². The number of hydrogen-bond acceptors (Lipinski definition) is 4. The predicted octanol–water partition coefficient (Wildman–Crippen LogP) is 2.26. The third kappa shape index (κ3) is 4.22. The van der Waals surface area contributed by atoms with Gasteiger partial charge in [-0.3, -0.25) is 14.9 Å². The number of nitrogen functional groups attached to an aromatic ring is 1. The lowest BCUT2D eigenvalue weighted by Gasteiger charge is -2.07. The molecule has 0 heterocycles. The van der Waals surface area contributed by atoms with Crippen LogP contribution in [0.5, 0.6) is 5.75 Å². The van der Waals surface area contributed by atoms with E-state index in [0.29, 0.717) is 11.4 Å². The molecule has 108 valence electrons. The van der Waals surface area contributed by atoms with Crippen LogP contribution < -0.4 is 15.8 Å². The molecular weight excluding hydrogens is 292 g/mol. The van der Waals surface area contributed by atoms with Gasteiger partial charge in [-0.25, -0.2) is 0 Å². The van der Waals surface area contributed by atoms with Crippen molar-refractivity contribution < 1.29 is 14.3 Å². The van der Waals surface area contributed by atoms with Crippen LogP contribution in [0.25, 0.3) is 0 Å². The molecule has 2 amide bonds. The molecule has 0 fully saturated rings. The van der Waals surface area contributed by atoms with Crippen LogP contribution in [-0.4, -0.2) is 18.4 Å². The van der Waals surface area contributed by atoms with E-state index in [-0.39, 0.29) is 17.2 Å². The Bertz CT molecular complexity index is 656. The first-order valence-corrected chi connectivity index (χ1v) is 6.51. The van der Waals surface area contributed by atoms with Gasteiger partial charge in [-0.1, -0.05) is 23.7 Å². The predicted molar refractivity (Wildman–Crippen MR) is 80.3 cm³/mol. The number of halogens is 1. The monoisotopic (exact) mass is 304 g/mol. The molecule has 0 aliphatic rings. The highest BCUT2D eigenvalue weighted by molar-refractivity contribution is 6.34. The molecule has 0 aliphatic carbocycles. The summed E-state index contributed by atoms with van der Waals surface area (Å²) in [7, 11) is 0. The number of carbonyl (C=O) groups is 2. The van der Waals surface area contributed by atoms with Crippen molar-refractivity contribution in [2.75, 3.05) is 12.3 Å². The SMILES string of the molecule is Nc1ccc(OCC(=O)NC(=O)c2ccccc2Cl)cc1. The molecule has 0 unspecified atom stereocenters. The molecule has 0 atom stereocenters. The smallest absolute Gasteiger partial charge is 0.264 e. The molecule has 0 aliphatic heterocycles. The summed E-state index contributed by atoms with van der Waals surface area (Å²) in [6.07, 6.45) is 0. The average molecular weight is 305 g/mol. The highest BCUT2D eigenvalue weighted by atomic mass is 35.5. The number of nitrogens with two attached hydrogens (primary N) is 1. The summed E-state index contributed by atoms with van der Waals surface area (Å²) in [5, 5.41) is 2.49. The molecule has 6 heteroatoms. The van der Waals surface area contributed by atoms with Crippen molar-refractivity contribution >= 4 is 29.1 Å². The molecule has 3 N–H and O–H groups in total. The van der Waals surface area contributed by atoms with Gasteiger partial charge in [-0.15, -0.1) is 0 Å². The first kappa shape index (κ1) is 14.9. The summed E-state index contributed by atoms with van der Waals surface area (Å²) >= 11 is 5.88. The second-order valence-electron chi connectivity index (χ2n) is 4.21. The van der Waals surface area contributed by atoms with E-state index in [0.717, 1.165) is 0 Å². The summed E-state index contributed by atoms with van der Waals surface area (Å²) in [6, 6.07) is 13.1. The standard InChI is InChI=1S/C15H13ClN2O3/c16-13-4-2-1-3-12(13)15(20)18-14(19)9-21-11-7-5-10(17)6-8-11/h1-8H,9,17H2,(H,18,19,20). The first-order chi connectivity index (χ1) is 10.1. The molecule has 0 aromatic heterocycles. The molecule has 0 saturated heterocycles. The summed E-state index contributed by atoms with van der Waals surface area (Å²) in [6.45, 7) is -0.278. The zero-order chi connectivity index (χ0) is 15.2. The van der Waals surface area contributed by atoms with Crippen molar-refractivity contribution in [1.29, 1.82) is 0 Å². The fraction of sp³-hybridized carbons (Fsp3) is 0.0667. The van der Waals surface area contributed by atoms with Crippen molar-refractivity contribution in [1.82, 2.24) is 5.32 Å². The van der Waals surface area contributed by atoms with E-state index in [1.807, 2.05) is 0 Å². The molecule has 0 radical (unpaired) electrons. The lowest BCUT2D eigenvalue weighted by molar-refractivity contribution is -0.122. The van der Waals surface area contributed by atoms with Crippen LogP contribution in [0.15, 0.2) is 48.5 Å². The van der Waals surface area contributed by atoms with Crippen LogP contribution in [0.4, 0.5) is 5.69 Å². The van der Waals surface area contributed by atoms with Crippen molar-refractivity contribution in [2.45, 2.75) is 0 Å². The van der Waals surface area contributed by atoms with Crippen molar-refractivity contribution in [3.05, 3.63) is 59.1 Å². The van der Waals surface area contributed by atoms with Gasteiger partial charge in [0.2, 0.25) is 0 Å². The first-order valence-electron chi connectivity index (χ1n) is 6.13. The maximum absolute atomic E-state index is 11.8. The summed E-state index contributed by atoms with van der Waals surface area (Å²) in [5.74, 6) is -0.632. The summed E-state index contributed by atoms with van der Waals surface area (Å²) in [5.41, 5.74) is 6.37. The minimum absolute atomic E-state index is 0.236. The number of nitrogens with one attached hydrogen (secondary N) is 1. The van der Waals surface area contributed by atoms with Gasteiger partial charge in [0.15, 0.2) is 6.61 Å². The minimum atomic E-state index is -0.563. The molecule has 5 nitrogen and oxygen atoms in total. The maximum atomic E-state index is 11.8. The van der Waals surface area contributed by atoms with Crippen LogP contribution in [0.3, 0.4) is 0 Å². The van der Waals surface area contributed by atoms with E-state index in [1.54, 1.807) is 42.5 Å². The Labute approximate surface area is 126 Å². The molecular formula is C15H13ClN2O3. The third-order valence-corrected chi connectivity index (χ3v) is 2.95. The number of benzene rings is 2. The Morgan fingerprint density at radius 2 is 1.76 bits per heavy atom. The van der Waals surface area contributed by atoms with Crippen LogP contribution in [0, 0.1) is 0 Å². The minimum Gasteiger partial charge on any atom is -0.484 e. The van der Waals surface area contributed by atoms with E-state index in [1.165, 1.54) is 6.07 Å². The molecule has 2 rings (SSSR count). The second kappa shape index (κ2) is 6.76. The average Bonchev–Trinajstić information content (AvgIpc) is 2.47. The van der Waals surface area contributed by atoms with Crippen LogP contribution in [0.2, 0.25) is 5.02 Å². The zero-order valence-electron chi connectivity index (χ0n) is 11.0. The number of hydrogen-bond donors (Lipinski definition) is 2. The van der Waals surface area contributed by atoms with Gasteiger partial charge in [0.1, 0.15) is 5.75 Å². The van der Waals surface area contributed by atoms with Gasteiger partial charge in [0, 0.05) is 5.69 Å². The van der Waals surface area contributed by atoms with E-state index in [4.69, 9.17) is 22.1 Å². The van der Waals surface area contributed by atoms with Crippen LogP contribution in [0.1, 0.15) is 10.4 Å².